The predicted molar refractivity (Wildman–Crippen MR) is 143 cm³/mol. The molecule has 2 aliphatic carbocycles. The summed E-state index contributed by atoms with van der Waals surface area (Å²) in [6, 6.07) is 29.1. The maximum atomic E-state index is 13.6. The van der Waals surface area contributed by atoms with Gasteiger partial charge in [-0.05, 0) is 52.8 Å². The lowest BCUT2D eigenvalue weighted by molar-refractivity contribution is -0.122. The molecule has 4 atom stereocenters. The van der Waals surface area contributed by atoms with Crippen molar-refractivity contribution in [2.24, 2.45) is 15.8 Å². The summed E-state index contributed by atoms with van der Waals surface area (Å²) >= 11 is 0. The van der Waals surface area contributed by atoms with E-state index in [1.165, 1.54) is 24.8 Å². The summed E-state index contributed by atoms with van der Waals surface area (Å²) < 4.78 is 0. The SMILES string of the molecule is CC1(C)CC2N(Cc3cccc(C4=NC(c5ccccc5)(c5ccccc5)C(=O)N4)c3)C23CC3(C)C1. The summed E-state index contributed by atoms with van der Waals surface area (Å²) in [5.41, 5.74) is 4.28. The monoisotopic (exact) mass is 475 g/mol. The molecule has 4 nitrogen and oxygen atoms in total. The van der Waals surface area contributed by atoms with Gasteiger partial charge in [0, 0.05) is 23.7 Å². The third-order valence-corrected chi connectivity index (χ3v) is 9.34. The molecule has 2 saturated carbocycles. The second-order valence-corrected chi connectivity index (χ2v) is 12.4. The average molecular weight is 476 g/mol. The van der Waals surface area contributed by atoms with Gasteiger partial charge in [-0.3, -0.25) is 9.69 Å². The number of hydrogen-bond donors (Lipinski definition) is 1. The molecule has 2 heterocycles. The van der Waals surface area contributed by atoms with Crippen LogP contribution in [0.3, 0.4) is 0 Å². The van der Waals surface area contributed by atoms with Gasteiger partial charge < -0.3 is 5.32 Å². The van der Waals surface area contributed by atoms with E-state index in [1.807, 2.05) is 60.7 Å². The molecule has 0 bridgehead atoms. The van der Waals surface area contributed by atoms with E-state index in [0.717, 1.165) is 23.2 Å². The summed E-state index contributed by atoms with van der Waals surface area (Å²) in [6.07, 6.45) is 3.96. The zero-order valence-electron chi connectivity index (χ0n) is 21.3. The third-order valence-electron chi connectivity index (χ3n) is 9.34. The molecule has 1 saturated heterocycles. The number of hydrogen-bond acceptors (Lipinski definition) is 3. The van der Waals surface area contributed by atoms with Crippen molar-refractivity contribution in [1.29, 1.82) is 0 Å². The van der Waals surface area contributed by atoms with Crippen molar-refractivity contribution >= 4 is 11.7 Å². The summed E-state index contributed by atoms with van der Waals surface area (Å²) in [5, 5.41) is 3.13. The van der Waals surface area contributed by atoms with E-state index in [1.54, 1.807) is 0 Å². The van der Waals surface area contributed by atoms with Crippen LogP contribution in [0.25, 0.3) is 0 Å². The minimum Gasteiger partial charge on any atom is -0.308 e. The Labute approximate surface area is 213 Å². The molecule has 1 spiro atoms. The minimum atomic E-state index is -1.08. The fourth-order valence-corrected chi connectivity index (χ4v) is 7.88. The number of nitrogens with one attached hydrogen (secondary N) is 1. The molecule has 4 aliphatic rings. The molecule has 4 heteroatoms. The predicted octanol–water partition coefficient (Wildman–Crippen LogP) is 5.66. The lowest BCUT2D eigenvalue weighted by Crippen LogP contribution is -2.38. The van der Waals surface area contributed by atoms with Crippen LogP contribution in [0.4, 0.5) is 0 Å². The van der Waals surface area contributed by atoms with E-state index in [4.69, 9.17) is 4.99 Å². The molecule has 1 N–H and O–H groups in total. The number of benzene rings is 3. The van der Waals surface area contributed by atoms with Gasteiger partial charge in [0.1, 0.15) is 5.84 Å². The fourth-order valence-electron chi connectivity index (χ4n) is 7.88. The molecule has 7 rings (SSSR count). The van der Waals surface area contributed by atoms with Crippen LogP contribution < -0.4 is 5.32 Å². The van der Waals surface area contributed by atoms with E-state index in [9.17, 15) is 4.79 Å². The van der Waals surface area contributed by atoms with Crippen molar-refractivity contribution in [2.75, 3.05) is 0 Å². The van der Waals surface area contributed by atoms with E-state index < -0.39 is 5.54 Å². The molecule has 4 unspecified atom stereocenters. The van der Waals surface area contributed by atoms with Crippen LogP contribution in [0.15, 0.2) is 89.9 Å². The topological polar surface area (TPSA) is 44.5 Å². The number of likely N-dealkylation sites (tertiary alicyclic amines) is 1. The highest BCUT2D eigenvalue weighted by Gasteiger charge is 2.85. The highest BCUT2D eigenvalue weighted by atomic mass is 16.2. The molecule has 2 aliphatic heterocycles. The summed E-state index contributed by atoms with van der Waals surface area (Å²) in [6.45, 7) is 8.33. The molecule has 1 amide bonds. The maximum absolute atomic E-state index is 13.6. The maximum Gasteiger partial charge on any atom is 0.262 e. The van der Waals surface area contributed by atoms with Gasteiger partial charge >= 0.3 is 0 Å². The van der Waals surface area contributed by atoms with Crippen molar-refractivity contribution in [3.63, 3.8) is 0 Å². The van der Waals surface area contributed by atoms with Gasteiger partial charge in [-0.1, -0.05) is 99.6 Å². The van der Waals surface area contributed by atoms with Crippen LogP contribution in [0.1, 0.15) is 62.3 Å². The van der Waals surface area contributed by atoms with Crippen LogP contribution >= 0.6 is 0 Å². The molecule has 3 aromatic carbocycles. The van der Waals surface area contributed by atoms with Gasteiger partial charge in [-0.15, -0.1) is 0 Å². The largest absolute Gasteiger partial charge is 0.308 e. The van der Waals surface area contributed by atoms with E-state index in [2.05, 4.69) is 55.3 Å². The molecule has 0 radical (unpaired) electrons. The van der Waals surface area contributed by atoms with Crippen molar-refractivity contribution in [3.05, 3.63) is 107 Å². The highest BCUT2D eigenvalue weighted by Crippen LogP contribution is 2.80. The van der Waals surface area contributed by atoms with E-state index >= 15 is 0 Å². The Morgan fingerprint density at radius 2 is 1.56 bits per heavy atom. The smallest absolute Gasteiger partial charge is 0.262 e. The Hall–Kier alpha value is -3.24. The Morgan fingerprint density at radius 3 is 2.22 bits per heavy atom. The van der Waals surface area contributed by atoms with Crippen LogP contribution in [-0.2, 0) is 16.9 Å². The lowest BCUT2D eigenvalue weighted by atomic mass is 9.72. The van der Waals surface area contributed by atoms with Crippen LogP contribution in [0.2, 0.25) is 0 Å². The second-order valence-electron chi connectivity index (χ2n) is 12.4. The Morgan fingerprint density at radius 1 is 0.889 bits per heavy atom. The summed E-state index contributed by atoms with van der Waals surface area (Å²) in [7, 11) is 0. The first kappa shape index (κ1) is 22.0. The first-order chi connectivity index (χ1) is 17.3. The number of rotatable bonds is 5. The quantitative estimate of drug-likeness (QED) is 0.484. The Kier molecular flexibility index (Phi) is 4.38. The lowest BCUT2D eigenvalue weighted by Gasteiger charge is -2.31. The third kappa shape index (κ3) is 2.97. The minimum absolute atomic E-state index is 0.105. The van der Waals surface area contributed by atoms with E-state index in [0.29, 0.717) is 28.2 Å². The fraction of sp³-hybridized carbons (Fsp3) is 0.375. The number of carbonyl (C=O) groups is 1. The number of amidine groups is 1. The van der Waals surface area contributed by atoms with Crippen LogP contribution in [0, 0.1) is 10.8 Å². The zero-order chi connectivity index (χ0) is 24.8. The Balaban J connectivity index is 1.22. The molecule has 36 heavy (non-hydrogen) atoms. The molecule has 3 fully saturated rings. The molecular weight excluding hydrogens is 442 g/mol. The summed E-state index contributed by atoms with van der Waals surface area (Å²) in [5.74, 6) is 0.542. The highest BCUT2D eigenvalue weighted by molar-refractivity contribution is 6.16. The van der Waals surface area contributed by atoms with Crippen molar-refractivity contribution in [1.82, 2.24) is 10.2 Å². The first-order valence-corrected chi connectivity index (χ1v) is 13.2. The number of nitrogens with zero attached hydrogens (tertiary/aromatic N) is 2. The summed E-state index contributed by atoms with van der Waals surface area (Å²) in [4.78, 5) is 21.5. The van der Waals surface area contributed by atoms with Gasteiger partial charge in [0.2, 0.25) is 0 Å². The second kappa shape index (κ2) is 7.17. The van der Waals surface area contributed by atoms with Gasteiger partial charge in [0.15, 0.2) is 5.54 Å². The Bertz CT molecular complexity index is 1360. The van der Waals surface area contributed by atoms with Gasteiger partial charge in [-0.25, -0.2) is 4.99 Å². The average Bonchev–Trinajstić information content (AvgIpc) is 3.61. The standard InChI is InChI=1S/C32H33N3O/c1-29(2)18-26-31(21-30(31,3)20-29)35(26)19-22-11-10-12-23(17-22)27-33-28(36)32(34-27,24-13-6-4-7-14-24)25-15-8-5-9-16-25/h4-17,26H,18-21H2,1-3H3,(H,33,34,36). The first-order valence-electron chi connectivity index (χ1n) is 13.2. The molecule has 3 aromatic rings. The number of aliphatic imine (C=N–C) groups is 1. The van der Waals surface area contributed by atoms with Crippen molar-refractivity contribution in [2.45, 2.75) is 63.7 Å². The zero-order valence-corrected chi connectivity index (χ0v) is 21.3. The van der Waals surface area contributed by atoms with Crippen LogP contribution in [-0.4, -0.2) is 28.2 Å². The van der Waals surface area contributed by atoms with Gasteiger partial charge in [-0.2, -0.15) is 0 Å². The number of carbonyl (C=O) groups excluding carboxylic acids is 1. The number of amides is 1. The van der Waals surface area contributed by atoms with Crippen molar-refractivity contribution in [3.8, 4) is 0 Å². The normalized spacial score (nSPS) is 32.6. The van der Waals surface area contributed by atoms with Gasteiger partial charge in [0.05, 0.1) is 0 Å². The molecule has 182 valence electrons. The van der Waals surface area contributed by atoms with E-state index in [-0.39, 0.29) is 5.91 Å². The molecular formula is C32H33N3O. The van der Waals surface area contributed by atoms with Crippen molar-refractivity contribution < 1.29 is 4.79 Å². The molecule has 0 aromatic heterocycles. The van der Waals surface area contributed by atoms with Crippen LogP contribution in [0.5, 0.6) is 0 Å². The van der Waals surface area contributed by atoms with Gasteiger partial charge in [0.25, 0.3) is 5.91 Å².